The van der Waals surface area contributed by atoms with E-state index in [2.05, 4.69) is 9.71 Å². The highest BCUT2D eigenvalue weighted by Gasteiger charge is 2.33. The third kappa shape index (κ3) is 12.9. The van der Waals surface area contributed by atoms with Crippen molar-refractivity contribution in [3.05, 3.63) is 72.3 Å². The first-order valence-corrected chi connectivity index (χ1v) is 16.4. The first-order valence-electron chi connectivity index (χ1n) is 14.9. The number of aliphatic hydroxyl groups is 4. The van der Waals surface area contributed by atoms with E-state index >= 15 is 0 Å². The molecule has 0 aliphatic rings. The molecule has 0 saturated heterocycles. The summed E-state index contributed by atoms with van der Waals surface area (Å²) < 4.78 is 39.0. The van der Waals surface area contributed by atoms with Crippen LogP contribution in [0.25, 0.3) is 10.9 Å². The number of hydrogen-bond donors (Lipinski definition) is 7. The number of esters is 1. The first-order chi connectivity index (χ1) is 22.2. The van der Waals surface area contributed by atoms with Gasteiger partial charge in [0.25, 0.3) is 18.1 Å². The quantitative estimate of drug-likeness (QED) is 0.0706. The summed E-state index contributed by atoms with van der Waals surface area (Å²) in [7, 11) is -3.04. The number of carbonyl (C=O) groups is 2. The number of aliphatic hydroxyl groups excluding tert-OH is 4. The van der Waals surface area contributed by atoms with Gasteiger partial charge in [0.1, 0.15) is 43.1 Å². The van der Waals surface area contributed by atoms with Crippen LogP contribution in [0.4, 0.5) is 0 Å². The number of nitrogens with one attached hydrogen (secondary N) is 1. The summed E-state index contributed by atoms with van der Waals surface area (Å²) in [6.07, 6.45) is -5.41. The SMILES string of the molecule is BO[C@H](COC(=O)[C@H](CCc1ccccc1)NS(=O)(=O)c1ccc2ccccc2n1)[C@@H](O)[C@H](O)[C@H](O)CO.CC(C)C[C@H](N)C(=O)O. The lowest BCUT2D eigenvalue weighted by atomic mass is 10.0. The van der Waals surface area contributed by atoms with Crippen LogP contribution in [0.1, 0.15) is 32.3 Å². The van der Waals surface area contributed by atoms with Gasteiger partial charge in [0, 0.05) is 5.39 Å². The van der Waals surface area contributed by atoms with Gasteiger partial charge >= 0.3 is 11.9 Å². The van der Waals surface area contributed by atoms with Gasteiger partial charge in [0.05, 0.1) is 12.1 Å². The van der Waals surface area contributed by atoms with Crippen molar-refractivity contribution < 1.29 is 52.9 Å². The van der Waals surface area contributed by atoms with E-state index < -0.39 is 71.7 Å². The van der Waals surface area contributed by atoms with Crippen LogP contribution in [0.3, 0.4) is 0 Å². The second kappa shape index (κ2) is 19.4. The summed E-state index contributed by atoms with van der Waals surface area (Å²) in [6, 6.07) is 17.1. The Bertz CT molecular complexity index is 1510. The number of carboxylic acid groups (broad SMARTS) is 1. The topological polar surface area (TPSA) is 239 Å². The Morgan fingerprint density at radius 1 is 0.979 bits per heavy atom. The van der Waals surface area contributed by atoms with E-state index in [1.54, 1.807) is 30.3 Å². The lowest BCUT2D eigenvalue weighted by Gasteiger charge is -2.28. The molecule has 8 N–H and O–H groups in total. The molecular formula is C31H44BN3O11S. The van der Waals surface area contributed by atoms with Crippen LogP contribution in [0, 0.1) is 5.92 Å². The van der Waals surface area contributed by atoms with Gasteiger partial charge in [-0.3, -0.25) is 9.59 Å². The average molecular weight is 678 g/mol. The summed E-state index contributed by atoms with van der Waals surface area (Å²) in [5, 5.41) is 47.6. The lowest BCUT2D eigenvalue weighted by Crippen LogP contribution is -2.49. The standard InChI is InChI=1S/C25H31BN2O9S.C6H13NO2/c26-37-21(24(32)23(31)20(30)14-29)15-36-25(33)19(12-10-16-6-2-1-3-7-16)28-38(34,35)22-13-11-17-8-4-5-9-18(17)27-22;1-4(2)3-5(7)6(8)9/h1-9,11,13,19-21,23-24,28-32H,10,12,14-15,26H2;4-5H,3,7H2,1-2H3,(H,8,9)/t19-,20+,21+,23+,24+;5-/m00/s1. The van der Waals surface area contributed by atoms with Crippen molar-refractivity contribution in [2.45, 2.75) is 74.6 Å². The largest absolute Gasteiger partial charge is 0.480 e. The lowest BCUT2D eigenvalue weighted by molar-refractivity contribution is -0.155. The number of sulfonamides is 1. The molecule has 0 fully saturated rings. The highest BCUT2D eigenvalue weighted by atomic mass is 32.2. The number of carboxylic acids is 1. The molecule has 0 bridgehead atoms. The summed E-state index contributed by atoms with van der Waals surface area (Å²) in [5.74, 6) is -1.49. The number of fused-ring (bicyclic) bond motifs is 1. The van der Waals surface area contributed by atoms with Gasteiger partial charge in [0.15, 0.2) is 5.03 Å². The van der Waals surface area contributed by atoms with E-state index in [4.69, 9.17) is 25.3 Å². The Morgan fingerprint density at radius 3 is 2.19 bits per heavy atom. The molecule has 3 rings (SSSR count). The van der Waals surface area contributed by atoms with Crippen molar-refractivity contribution >= 4 is 40.9 Å². The first kappa shape index (κ1) is 39.7. The number of aryl methyl sites for hydroxylation is 1. The highest BCUT2D eigenvalue weighted by molar-refractivity contribution is 7.89. The minimum absolute atomic E-state index is 0.0573. The Morgan fingerprint density at radius 2 is 1.62 bits per heavy atom. The van der Waals surface area contributed by atoms with E-state index in [0.717, 1.165) is 10.9 Å². The van der Waals surface area contributed by atoms with Crippen molar-refractivity contribution in [1.82, 2.24) is 9.71 Å². The van der Waals surface area contributed by atoms with Crippen LogP contribution in [0.2, 0.25) is 0 Å². The molecule has 14 nitrogen and oxygen atoms in total. The number of rotatable bonds is 17. The molecule has 3 aromatic rings. The smallest absolute Gasteiger partial charge is 0.324 e. The monoisotopic (exact) mass is 677 g/mol. The average Bonchev–Trinajstić information content (AvgIpc) is 3.06. The number of nitrogens with zero attached hydrogens (tertiary/aromatic N) is 1. The number of aliphatic carboxylic acids is 1. The predicted octanol–water partition coefficient (Wildman–Crippen LogP) is -0.490. The van der Waals surface area contributed by atoms with Gasteiger partial charge in [-0.15, -0.1) is 0 Å². The Balaban J connectivity index is 0.000000745. The maximum Gasteiger partial charge on any atom is 0.324 e. The minimum atomic E-state index is -4.23. The van der Waals surface area contributed by atoms with E-state index in [0.29, 0.717) is 24.3 Å². The Kier molecular flexibility index (Phi) is 16.4. The van der Waals surface area contributed by atoms with Gasteiger partial charge in [-0.2, -0.15) is 4.72 Å². The molecule has 0 spiro atoms. The third-order valence-electron chi connectivity index (χ3n) is 7.04. The predicted molar refractivity (Wildman–Crippen MR) is 175 cm³/mol. The molecule has 0 aliphatic carbocycles. The van der Waals surface area contributed by atoms with Gasteiger partial charge in [-0.05, 0) is 48.9 Å². The third-order valence-corrected chi connectivity index (χ3v) is 8.41. The fourth-order valence-electron chi connectivity index (χ4n) is 4.36. The zero-order valence-electron chi connectivity index (χ0n) is 26.5. The second-order valence-electron chi connectivity index (χ2n) is 11.2. The normalized spacial score (nSPS) is 15.5. The molecule has 1 heterocycles. The van der Waals surface area contributed by atoms with Crippen molar-refractivity contribution in [3.63, 3.8) is 0 Å². The molecular weight excluding hydrogens is 633 g/mol. The fraction of sp³-hybridized carbons (Fsp3) is 0.452. The Hall–Kier alpha value is -3.48. The molecule has 0 amide bonds. The van der Waals surface area contributed by atoms with Crippen LogP contribution >= 0.6 is 0 Å². The molecule has 0 radical (unpaired) electrons. The van der Waals surface area contributed by atoms with E-state index in [9.17, 15) is 33.3 Å². The summed E-state index contributed by atoms with van der Waals surface area (Å²) in [5.41, 5.74) is 6.56. The molecule has 0 saturated carbocycles. The number of carbonyl (C=O) groups excluding carboxylic acids is 1. The van der Waals surface area contributed by atoms with Crippen LogP contribution in [-0.4, -0.2) is 109 Å². The second-order valence-corrected chi connectivity index (χ2v) is 12.9. The molecule has 16 heteroatoms. The van der Waals surface area contributed by atoms with Gasteiger partial charge in [0.2, 0.25) is 0 Å². The van der Waals surface area contributed by atoms with E-state index in [1.807, 2.05) is 44.2 Å². The van der Waals surface area contributed by atoms with Crippen LogP contribution in [0.15, 0.2) is 71.8 Å². The molecule has 0 aliphatic heterocycles. The molecule has 1 aromatic heterocycles. The maximum atomic E-state index is 13.2. The number of benzene rings is 2. The summed E-state index contributed by atoms with van der Waals surface area (Å²) in [4.78, 5) is 27.3. The van der Waals surface area contributed by atoms with Crippen LogP contribution < -0.4 is 10.5 Å². The van der Waals surface area contributed by atoms with Crippen LogP contribution in [-0.2, 0) is 35.4 Å². The van der Waals surface area contributed by atoms with Gasteiger partial charge in [-0.1, -0.05) is 62.4 Å². The fourth-order valence-corrected chi connectivity index (χ4v) is 5.54. The zero-order chi connectivity index (χ0) is 35.1. The van der Waals surface area contributed by atoms with E-state index in [1.165, 1.54) is 14.1 Å². The molecule has 258 valence electrons. The number of hydrogen-bond acceptors (Lipinski definition) is 12. The molecule has 2 aromatic carbocycles. The van der Waals surface area contributed by atoms with Crippen molar-refractivity contribution in [1.29, 1.82) is 0 Å². The van der Waals surface area contributed by atoms with Crippen molar-refractivity contribution in [2.24, 2.45) is 11.7 Å². The summed E-state index contributed by atoms with van der Waals surface area (Å²) >= 11 is 0. The zero-order valence-corrected chi connectivity index (χ0v) is 27.4. The Labute approximate surface area is 275 Å². The molecule has 47 heavy (non-hydrogen) atoms. The number of nitrogens with two attached hydrogens (primary N) is 1. The number of ether oxygens (including phenoxy) is 1. The van der Waals surface area contributed by atoms with Crippen LogP contribution in [0.5, 0.6) is 0 Å². The van der Waals surface area contributed by atoms with Gasteiger partial charge < -0.3 is 40.7 Å². The maximum absolute atomic E-state index is 13.2. The molecule has 6 atom stereocenters. The van der Waals surface area contributed by atoms with Crippen molar-refractivity contribution in [3.8, 4) is 0 Å². The number of para-hydroxylation sites is 1. The van der Waals surface area contributed by atoms with Gasteiger partial charge in [-0.25, -0.2) is 13.4 Å². The number of pyridine rings is 1. The minimum Gasteiger partial charge on any atom is -0.480 e. The molecule has 0 unspecified atom stereocenters. The van der Waals surface area contributed by atoms with Crippen molar-refractivity contribution in [2.75, 3.05) is 13.2 Å². The number of aromatic nitrogens is 1. The summed E-state index contributed by atoms with van der Waals surface area (Å²) in [6.45, 7) is 2.54. The van der Waals surface area contributed by atoms with E-state index in [-0.39, 0.29) is 11.4 Å². The highest BCUT2D eigenvalue weighted by Crippen LogP contribution is 2.17.